The molecule has 2 heterocycles. The third-order valence-electron chi connectivity index (χ3n) is 3.97. The van der Waals surface area contributed by atoms with Gasteiger partial charge in [0.2, 0.25) is 0 Å². The molecule has 4 heteroatoms. The lowest BCUT2D eigenvalue weighted by Crippen LogP contribution is -2.49. The van der Waals surface area contributed by atoms with Gasteiger partial charge in [-0.15, -0.1) is 0 Å². The fourth-order valence-corrected chi connectivity index (χ4v) is 2.78. The summed E-state index contributed by atoms with van der Waals surface area (Å²) < 4.78 is 5.57. The number of likely N-dealkylation sites (tertiary alicyclic amines) is 1. The van der Waals surface area contributed by atoms with E-state index >= 15 is 0 Å². The average molecular weight is 240 g/mol. The molecule has 2 fully saturated rings. The molecule has 2 N–H and O–H groups in total. The fourth-order valence-electron chi connectivity index (χ4n) is 2.78. The van der Waals surface area contributed by atoms with Crippen molar-refractivity contribution < 1.29 is 9.53 Å². The number of carbonyl (C=O) groups is 1. The van der Waals surface area contributed by atoms with Gasteiger partial charge in [-0.05, 0) is 44.9 Å². The van der Waals surface area contributed by atoms with E-state index in [1.165, 1.54) is 0 Å². The number of nitrogens with two attached hydrogens (primary N) is 1. The van der Waals surface area contributed by atoms with Gasteiger partial charge in [0.25, 0.3) is 5.91 Å². The molecule has 2 saturated heterocycles. The smallest absolute Gasteiger partial charge is 0.251 e. The average Bonchev–Trinajstić information content (AvgIpc) is 2.39. The summed E-state index contributed by atoms with van der Waals surface area (Å²) in [5.74, 6) is 0.645. The molecule has 3 atom stereocenters. The van der Waals surface area contributed by atoms with Gasteiger partial charge in [0.05, 0.1) is 0 Å². The summed E-state index contributed by atoms with van der Waals surface area (Å²) in [6.07, 6.45) is 5.12. The summed E-state index contributed by atoms with van der Waals surface area (Å²) in [5.41, 5.74) is 5.94. The highest BCUT2D eigenvalue weighted by atomic mass is 16.5. The first-order valence-electron chi connectivity index (χ1n) is 6.84. The number of nitrogens with zero attached hydrogens (tertiary/aromatic N) is 1. The Balaban J connectivity index is 1.89. The first-order chi connectivity index (χ1) is 8.18. The van der Waals surface area contributed by atoms with Crippen molar-refractivity contribution in [2.75, 3.05) is 19.7 Å². The van der Waals surface area contributed by atoms with Crippen molar-refractivity contribution in [1.29, 1.82) is 0 Å². The summed E-state index contributed by atoms with van der Waals surface area (Å²) in [5, 5.41) is 0. The number of carbonyl (C=O) groups excluding carboxylic acids is 1. The van der Waals surface area contributed by atoms with Crippen molar-refractivity contribution in [3.8, 4) is 0 Å². The van der Waals surface area contributed by atoms with Crippen molar-refractivity contribution >= 4 is 5.91 Å². The van der Waals surface area contributed by atoms with Crippen LogP contribution in [0.15, 0.2) is 0 Å². The van der Waals surface area contributed by atoms with Gasteiger partial charge in [-0.25, -0.2) is 0 Å². The van der Waals surface area contributed by atoms with E-state index in [2.05, 4.69) is 0 Å². The molecule has 0 saturated carbocycles. The number of rotatable bonds is 2. The van der Waals surface area contributed by atoms with E-state index in [1.807, 2.05) is 11.8 Å². The Hall–Kier alpha value is -0.610. The van der Waals surface area contributed by atoms with E-state index in [1.54, 1.807) is 0 Å². The molecule has 0 spiro atoms. The zero-order valence-electron chi connectivity index (χ0n) is 10.7. The molecule has 98 valence electrons. The summed E-state index contributed by atoms with van der Waals surface area (Å²) in [4.78, 5) is 14.2. The maximum Gasteiger partial charge on any atom is 0.251 e. The number of amides is 1. The first-order valence-corrected chi connectivity index (χ1v) is 6.84. The molecule has 0 aromatic rings. The minimum Gasteiger partial charge on any atom is -0.368 e. The Bertz CT molecular complexity index is 262. The molecular weight excluding hydrogens is 216 g/mol. The Kier molecular flexibility index (Phi) is 4.40. The van der Waals surface area contributed by atoms with Crippen LogP contribution < -0.4 is 5.73 Å². The summed E-state index contributed by atoms with van der Waals surface area (Å²) >= 11 is 0. The van der Waals surface area contributed by atoms with Gasteiger partial charge >= 0.3 is 0 Å². The molecule has 1 amide bonds. The largest absolute Gasteiger partial charge is 0.368 e. The van der Waals surface area contributed by atoms with Crippen LogP contribution in [-0.2, 0) is 9.53 Å². The molecule has 0 radical (unpaired) electrons. The topological polar surface area (TPSA) is 55.6 Å². The lowest BCUT2D eigenvalue weighted by molar-refractivity contribution is -0.148. The Morgan fingerprint density at radius 2 is 2.18 bits per heavy atom. The minimum atomic E-state index is -0.185. The molecule has 2 aliphatic rings. The number of piperidine rings is 1. The van der Waals surface area contributed by atoms with Crippen LogP contribution in [0, 0.1) is 5.92 Å². The van der Waals surface area contributed by atoms with Crippen LogP contribution in [0.2, 0.25) is 0 Å². The van der Waals surface area contributed by atoms with Gasteiger partial charge in [-0.1, -0.05) is 0 Å². The van der Waals surface area contributed by atoms with E-state index in [-0.39, 0.29) is 18.1 Å². The quantitative estimate of drug-likeness (QED) is 0.787. The normalized spacial score (nSPS) is 32.2. The van der Waals surface area contributed by atoms with E-state index in [9.17, 15) is 4.79 Å². The highest BCUT2D eigenvalue weighted by Crippen LogP contribution is 2.22. The van der Waals surface area contributed by atoms with Crippen LogP contribution in [0.5, 0.6) is 0 Å². The summed E-state index contributed by atoms with van der Waals surface area (Å²) in [7, 11) is 0. The molecular formula is C13H24N2O2. The lowest BCUT2D eigenvalue weighted by atomic mass is 9.91. The monoisotopic (exact) mass is 240 g/mol. The fraction of sp³-hybridized carbons (Fsp3) is 0.923. The molecule has 2 aliphatic heterocycles. The van der Waals surface area contributed by atoms with Gasteiger partial charge in [-0.3, -0.25) is 4.79 Å². The second kappa shape index (κ2) is 5.83. The van der Waals surface area contributed by atoms with Gasteiger partial charge in [-0.2, -0.15) is 0 Å². The first kappa shape index (κ1) is 12.8. The zero-order valence-corrected chi connectivity index (χ0v) is 10.7. The molecule has 4 nitrogen and oxygen atoms in total. The maximum atomic E-state index is 12.3. The molecule has 0 bridgehead atoms. The van der Waals surface area contributed by atoms with Crippen LogP contribution in [0.1, 0.15) is 39.0 Å². The number of hydrogen-bond donors (Lipinski definition) is 1. The molecule has 0 aromatic heterocycles. The van der Waals surface area contributed by atoms with Gasteiger partial charge in [0.15, 0.2) is 0 Å². The van der Waals surface area contributed by atoms with E-state index in [4.69, 9.17) is 10.5 Å². The zero-order chi connectivity index (χ0) is 12.3. The number of ether oxygens (including phenoxy) is 1. The second-order valence-corrected chi connectivity index (χ2v) is 5.40. The number of hydrogen-bond acceptors (Lipinski definition) is 3. The van der Waals surface area contributed by atoms with Crippen LogP contribution in [0.4, 0.5) is 0 Å². The molecule has 2 rings (SSSR count). The van der Waals surface area contributed by atoms with Gasteiger partial charge < -0.3 is 15.4 Å². The van der Waals surface area contributed by atoms with Crippen molar-refractivity contribution in [1.82, 2.24) is 4.90 Å². The molecule has 0 aromatic carbocycles. The van der Waals surface area contributed by atoms with Gasteiger partial charge in [0, 0.05) is 25.7 Å². The van der Waals surface area contributed by atoms with Crippen molar-refractivity contribution in [3.05, 3.63) is 0 Å². The SMILES string of the molecule is CC(N)C1CCCN(C(=O)C2CCCCO2)C1. The van der Waals surface area contributed by atoms with E-state index < -0.39 is 0 Å². The Morgan fingerprint density at radius 1 is 1.35 bits per heavy atom. The summed E-state index contributed by atoms with van der Waals surface area (Å²) in [6.45, 7) is 4.47. The molecule has 17 heavy (non-hydrogen) atoms. The van der Waals surface area contributed by atoms with Crippen LogP contribution in [0.25, 0.3) is 0 Å². The molecule has 0 aliphatic carbocycles. The van der Waals surface area contributed by atoms with E-state index in [0.717, 1.165) is 51.8 Å². The predicted molar refractivity (Wildman–Crippen MR) is 66.5 cm³/mol. The predicted octanol–water partition coefficient (Wildman–Crippen LogP) is 1.14. The van der Waals surface area contributed by atoms with Crippen LogP contribution in [-0.4, -0.2) is 42.6 Å². The van der Waals surface area contributed by atoms with Crippen molar-refractivity contribution in [2.45, 2.75) is 51.2 Å². The standard InChI is InChI=1S/C13H24N2O2/c1-10(14)11-5-4-7-15(9-11)13(16)12-6-2-3-8-17-12/h10-12H,2-9,14H2,1H3. The Morgan fingerprint density at radius 3 is 2.82 bits per heavy atom. The molecule has 3 unspecified atom stereocenters. The third kappa shape index (κ3) is 3.19. The van der Waals surface area contributed by atoms with E-state index in [0.29, 0.717) is 5.92 Å². The second-order valence-electron chi connectivity index (χ2n) is 5.40. The Labute approximate surface area is 103 Å². The van der Waals surface area contributed by atoms with Gasteiger partial charge in [0.1, 0.15) is 6.10 Å². The maximum absolute atomic E-state index is 12.3. The summed E-state index contributed by atoms with van der Waals surface area (Å²) in [6, 6.07) is 0.179. The highest BCUT2D eigenvalue weighted by Gasteiger charge is 2.31. The minimum absolute atomic E-state index is 0.179. The van der Waals surface area contributed by atoms with Crippen molar-refractivity contribution in [3.63, 3.8) is 0 Å². The third-order valence-corrected chi connectivity index (χ3v) is 3.97. The van der Waals surface area contributed by atoms with Crippen LogP contribution in [0.3, 0.4) is 0 Å². The van der Waals surface area contributed by atoms with Crippen molar-refractivity contribution in [2.24, 2.45) is 11.7 Å². The highest BCUT2D eigenvalue weighted by molar-refractivity contribution is 5.81. The lowest BCUT2D eigenvalue weighted by Gasteiger charge is -2.37. The van der Waals surface area contributed by atoms with Crippen LogP contribution >= 0.6 is 0 Å².